The second-order valence-corrected chi connectivity index (χ2v) is 3.02. The first-order valence-electron chi connectivity index (χ1n) is 3.31. The van der Waals surface area contributed by atoms with E-state index in [9.17, 15) is 0 Å². The van der Waals surface area contributed by atoms with E-state index >= 15 is 0 Å². The van der Waals surface area contributed by atoms with Crippen molar-refractivity contribution in [2.24, 2.45) is 5.73 Å². The third kappa shape index (κ3) is 1.48. The van der Waals surface area contributed by atoms with Crippen molar-refractivity contribution in [1.82, 2.24) is 0 Å². The van der Waals surface area contributed by atoms with Gasteiger partial charge in [0.25, 0.3) is 0 Å². The number of nitrogens with two attached hydrogens (primary N) is 1. The number of rotatable bonds is 0. The summed E-state index contributed by atoms with van der Waals surface area (Å²) in [6, 6.07) is 0. The fourth-order valence-electron chi connectivity index (χ4n) is 1.13. The molecule has 1 rings (SSSR count). The van der Waals surface area contributed by atoms with Gasteiger partial charge >= 0.3 is 0 Å². The van der Waals surface area contributed by atoms with Crippen molar-refractivity contribution in [3.05, 3.63) is 6.42 Å². The Kier molecular flexibility index (Phi) is 1.57. The van der Waals surface area contributed by atoms with Gasteiger partial charge in [0.15, 0.2) is 0 Å². The van der Waals surface area contributed by atoms with E-state index in [0.717, 1.165) is 0 Å². The predicted octanol–water partition coefficient (Wildman–Crippen LogP) is 1.48. The molecule has 47 valence electrons. The summed E-state index contributed by atoms with van der Waals surface area (Å²) >= 11 is 0. The van der Waals surface area contributed by atoms with Gasteiger partial charge in [-0.05, 0) is 39.0 Å². The molecular formula is C7H14N. The van der Waals surface area contributed by atoms with Crippen molar-refractivity contribution in [2.75, 3.05) is 0 Å². The SMILES string of the molecule is CC1(N)CC[CH]CC1. The molecule has 0 spiro atoms. The summed E-state index contributed by atoms with van der Waals surface area (Å²) in [4.78, 5) is 0. The molecule has 0 aromatic carbocycles. The Hall–Kier alpha value is -0.0400. The summed E-state index contributed by atoms with van der Waals surface area (Å²) in [6.45, 7) is 2.14. The maximum atomic E-state index is 5.86. The van der Waals surface area contributed by atoms with Gasteiger partial charge in [-0.1, -0.05) is 0 Å². The minimum absolute atomic E-state index is 0.148. The van der Waals surface area contributed by atoms with Crippen LogP contribution in [0.2, 0.25) is 0 Å². The summed E-state index contributed by atoms with van der Waals surface area (Å²) < 4.78 is 0. The molecular weight excluding hydrogens is 98.1 g/mol. The molecule has 1 radical (unpaired) electrons. The zero-order chi connectivity index (χ0) is 6.04. The fourth-order valence-corrected chi connectivity index (χ4v) is 1.13. The molecule has 8 heavy (non-hydrogen) atoms. The first-order valence-corrected chi connectivity index (χ1v) is 3.31. The van der Waals surface area contributed by atoms with Gasteiger partial charge in [-0.15, -0.1) is 0 Å². The highest BCUT2D eigenvalue weighted by Gasteiger charge is 2.20. The van der Waals surface area contributed by atoms with Crippen LogP contribution >= 0.6 is 0 Å². The Labute approximate surface area is 51.3 Å². The average molecular weight is 112 g/mol. The van der Waals surface area contributed by atoms with Crippen LogP contribution in [0.4, 0.5) is 0 Å². The minimum atomic E-state index is 0.148. The van der Waals surface area contributed by atoms with E-state index in [0.29, 0.717) is 0 Å². The topological polar surface area (TPSA) is 26.0 Å². The van der Waals surface area contributed by atoms with E-state index < -0.39 is 0 Å². The van der Waals surface area contributed by atoms with Crippen LogP contribution in [0.25, 0.3) is 0 Å². The summed E-state index contributed by atoms with van der Waals surface area (Å²) in [7, 11) is 0. The van der Waals surface area contributed by atoms with Crippen LogP contribution in [0, 0.1) is 6.42 Å². The zero-order valence-electron chi connectivity index (χ0n) is 5.48. The number of hydrogen-bond acceptors (Lipinski definition) is 1. The van der Waals surface area contributed by atoms with Crippen LogP contribution in [0.15, 0.2) is 0 Å². The van der Waals surface area contributed by atoms with Gasteiger partial charge < -0.3 is 5.73 Å². The lowest BCUT2D eigenvalue weighted by atomic mass is 9.84. The molecule has 0 amide bonds. The van der Waals surface area contributed by atoms with Crippen molar-refractivity contribution >= 4 is 0 Å². The molecule has 1 nitrogen and oxygen atoms in total. The highest BCUT2D eigenvalue weighted by Crippen LogP contribution is 2.23. The molecule has 0 saturated heterocycles. The normalized spacial score (nSPS) is 27.8. The summed E-state index contributed by atoms with van der Waals surface area (Å²) in [6.07, 6.45) is 7.11. The maximum absolute atomic E-state index is 5.86. The van der Waals surface area contributed by atoms with Crippen LogP contribution in [-0.4, -0.2) is 5.54 Å². The zero-order valence-corrected chi connectivity index (χ0v) is 5.48. The van der Waals surface area contributed by atoms with Crippen LogP contribution in [0.1, 0.15) is 32.6 Å². The summed E-state index contributed by atoms with van der Waals surface area (Å²) in [5, 5.41) is 0. The molecule has 0 aromatic heterocycles. The first-order chi connectivity index (χ1) is 3.71. The van der Waals surface area contributed by atoms with E-state index in [-0.39, 0.29) is 5.54 Å². The predicted molar refractivity (Wildman–Crippen MR) is 35.4 cm³/mol. The van der Waals surface area contributed by atoms with Gasteiger partial charge in [-0.25, -0.2) is 0 Å². The third-order valence-electron chi connectivity index (χ3n) is 1.84. The van der Waals surface area contributed by atoms with Crippen molar-refractivity contribution < 1.29 is 0 Å². The first kappa shape index (κ1) is 6.09. The minimum Gasteiger partial charge on any atom is -0.325 e. The Balaban J connectivity index is 2.33. The third-order valence-corrected chi connectivity index (χ3v) is 1.84. The molecule has 0 aromatic rings. The highest BCUT2D eigenvalue weighted by molar-refractivity contribution is 4.88. The average Bonchev–Trinajstić information content (AvgIpc) is 1.65. The lowest BCUT2D eigenvalue weighted by molar-refractivity contribution is 0.362. The van der Waals surface area contributed by atoms with E-state index in [2.05, 4.69) is 13.3 Å². The molecule has 0 atom stereocenters. The Morgan fingerprint density at radius 2 is 1.88 bits per heavy atom. The van der Waals surface area contributed by atoms with Crippen molar-refractivity contribution in [1.29, 1.82) is 0 Å². The van der Waals surface area contributed by atoms with E-state index in [4.69, 9.17) is 5.73 Å². The van der Waals surface area contributed by atoms with Crippen molar-refractivity contribution in [3.8, 4) is 0 Å². The van der Waals surface area contributed by atoms with Gasteiger partial charge in [0.05, 0.1) is 0 Å². The largest absolute Gasteiger partial charge is 0.325 e. The highest BCUT2D eigenvalue weighted by atomic mass is 14.7. The quantitative estimate of drug-likeness (QED) is 0.504. The van der Waals surface area contributed by atoms with Crippen LogP contribution in [-0.2, 0) is 0 Å². The molecule has 1 aliphatic carbocycles. The van der Waals surface area contributed by atoms with Crippen LogP contribution in [0.5, 0.6) is 0 Å². The van der Waals surface area contributed by atoms with Gasteiger partial charge in [0.1, 0.15) is 0 Å². The lowest BCUT2D eigenvalue weighted by Crippen LogP contribution is -2.37. The lowest BCUT2D eigenvalue weighted by Gasteiger charge is -2.28. The van der Waals surface area contributed by atoms with Crippen molar-refractivity contribution in [2.45, 2.75) is 38.1 Å². The smallest absolute Gasteiger partial charge is 0.0126 e. The molecule has 1 heteroatoms. The number of hydrogen-bond donors (Lipinski definition) is 1. The second-order valence-electron chi connectivity index (χ2n) is 3.02. The molecule has 0 bridgehead atoms. The Bertz CT molecular complexity index is 68.5. The van der Waals surface area contributed by atoms with Gasteiger partial charge in [0, 0.05) is 5.54 Å². The molecule has 2 N–H and O–H groups in total. The van der Waals surface area contributed by atoms with Gasteiger partial charge in [0.2, 0.25) is 0 Å². The Morgan fingerprint density at radius 3 is 2.12 bits per heavy atom. The van der Waals surface area contributed by atoms with Gasteiger partial charge in [-0.2, -0.15) is 0 Å². The van der Waals surface area contributed by atoms with Crippen LogP contribution < -0.4 is 5.73 Å². The Morgan fingerprint density at radius 1 is 1.38 bits per heavy atom. The van der Waals surface area contributed by atoms with Gasteiger partial charge in [-0.3, -0.25) is 0 Å². The van der Waals surface area contributed by atoms with Crippen LogP contribution in [0.3, 0.4) is 0 Å². The molecule has 1 aliphatic rings. The van der Waals surface area contributed by atoms with E-state index in [1.807, 2.05) is 0 Å². The molecule has 0 heterocycles. The second kappa shape index (κ2) is 2.06. The van der Waals surface area contributed by atoms with E-state index in [1.54, 1.807) is 0 Å². The molecule has 1 saturated carbocycles. The fraction of sp³-hybridized carbons (Fsp3) is 0.857. The molecule has 1 fully saturated rings. The summed E-state index contributed by atoms with van der Waals surface area (Å²) in [5.41, 5.74) is 6.01. The van der Waals surface area contributed by atoms with E-state index in [1.165, 1.54) is 25.7 Å². The molecule has 0 aliphatic heterocycles. The molecule has 0 unspecified atom stereocenters. The summed E-state index contributed by atoms with van der Waals surface area (Å²) in [5.74, 6) is 0. The monoisotopic (exact) mass is 112 g/mol. The van der Waals surface area contributed by atoms with Crippen molar-refractivity contribution in [3.63, 3.8) is 0 Å². The maximum Gasteiger partial charge on any atom is 0.0126 e. The standard InChI is InChI=1S/C7H14N/c1-7(8)5-3-2-4-6-7/h2H,3-6,8H2,1H3.